The lowest BCUT2D eigenvalue weighted by atomic mass is 10.2. The molecule has 1 heterocycles. The van der Waals surface area contributed by atoms with Crippen molar-refractivity contribution in [1.82, 2.24) is 14.8 Å². The number of hydrogen-bond acceptors (Lipinski definition) is 4. The van der Waals surface area contributed by atoms with Gasteiger partial charge in [0.1, 0.15) is 12.1 Å². The Kier molecular flexibility index (Phi) is 4.00. The van der Waals surface area contributed by atoms with Crippen LogP contribution in [0.1, 0.15) is 5.82 Å². The molecule has 0 amide bonds. The molecule has 0 spiro atoms. The molecule has 0 bridgehead atoms. The highest BCUT2D eigenvalue weighted by molar-refractivity contribution is 14.1. The maximum absolute atomic E-state index is 13.4. The van der Waals surface area contributed by atoms with Crippen molar-refractivity contribution in [2.24, 2.45) is 7.05 Å². The Morgan fingerprint density at radius 2 is 2.28 bits per heavy atom. The number of anilines is 2. The van der Waals surface area contributed by atoms with Gasteiger partial charge >= 0.3 is 0 Å². The lowest BCUT2D eigenvalue weighted by molar-refractivity contribution is 0.621. The van der Waals surface area contributed by atoms with Gasteiger partial charge in [0.2, 0.25) is 0 Å². The molecule has 1 aromatic heterocycles. The van der Waals surface area contributed by atoms with Crippen LogP contribution in [-0.4, -0.2) is 21.3 Å². The minimum atomic E-state index is -0.275. The summed E-state index contributed by atoms with van der Waals surface area (Å²) in [4.78, 5) is 4.11. The number of nitrogens with two attached hydrogens (primary N) is 1. The van der Waals surface area contributed by atoms with E-state index in [2.05, 4.69) is 15.4 Å². The van der Waals surface area contributed by atoms with Crippen molar-refractivity contribution in [3.63, 3.8) is 0 Å². The summed E-state index contributed by atoms with van der Waals surface area (Å²) in [7, 11) is 1.82. The molecule has 0 saturated carbocycles. The molecule has 2 aromatic rings. The van der Waals surface area contributed by atoms with Crippen LogP contribution in [0, 0.1) is 9.39 Å². The molecule has 5 nitrogen and oxygen atoms in total. The Labute approximate surface area is 118 Å². The third-order valence-electron chi connectivity index (χ3n) is 2.40. The summed E-state index contributed by atoms with van der Waals surface area (Å²) in [5.74, 6) is 0.470. The first-order chi connectivity index (χ1) is 8.56. The van der Waals surface area contributed by atoms with Crippen LogP contribution < -0.4 is 11.1 Å². The number of benzene rings is 1. The SMILES string of the molecule is Cn1cnc(CCNc2cc(F)c(I)cc2N)n1. The van der Waals surface area contributed by atoms with Crippen LogP contribution in [0.15, 0.2) is 18.5 Å². The molecular weight excluding hydrogens is 348 g/mol. The van der Waals surface area contributed by atoms with E-state index < -0.39 is 0 Å². The zero-order valence-corrected chi connectivity index (χ0v) is 12.0. The largest absolute Gasteiger partial charge is 0.397 e. The highest BCUT2D eigenvalue weighted by atomic mass is 127. The topological polar surface area (TPSA) is 68.8 Å². The molecule has 0 saturated heterocycles. The predicted molar refractivity (Wildman–Crippen MR) is 76.7 cm³/mol. The summed E-state index contributed by atoms with van der Waals surface area (Å²) >= 11 is 1.91. The Hall–Kier alpha value is -1.38. The molecule has 0 aliphatic rings. The van der Waals surface area contributed by atoms with Crippen molar-refractivity contribution in [1.29, 1.82) is 0 Å². The van der Waals surface area contributed by atoms with Gasteiger partial charge in [0, 0.05) is 26.1 Å². The highest BCUT2D eigenvalue weighted by Gasteiger charge is 2.06. The highest BCUT2D eigenvalue weighted by Crippen LogP contribution is 2.23. The zero-order chi connectivity index (χ0) is 13.1. The van der Waals surface area contributed by atoms with E-state index in [1.54, 1.807) is 17.1 Å². The molecule has 0 radical (unpaired) electrons. The second-order valence-electron chi connectivity index (χ2n) is 3.86. The van der Waals surface area contributed by atoms with E-state index in [0.717, 1.165) is 5.82 Å². The van der Waals surface area contributed by atoms with Gasteiger partial charge in [0.25, 0.3) is 0 Å². The average molecular weight is 361 g/mol. The summed E-state index contributed by atoms with van der Waals surface area (Å²) < 4.78 is 15.5. The van der Waals surface area contributed by atoms with Gasteiger partial charge in [-0.3, -0.25) is 4.68 Å². The molecule has 0 aliphatic heterocycles. The van der Waals surface area contributed by atoms with Gasteiger partial charge in [-0.05, 0) is 28.7 Å². The van der Waals surface area contributed by atoms with Gasteiger partial charge in [-0.2, -0.15) is 5.10 Å². The van der Waals surface area contributed by atoms with Gasteiger partial charge in [-0.1, -0.05) is 0 Å². The molecule has 3 N–H and O–H groups in total. The van der Waals surface area contributed by atoms with E-state index >= 15 is 0 Å². The Balaban J connectivity index is 1.96. The second kappa shape index (κ2) is 5.51. The molecule has 0 unspecified atom stereocenters. The van der Waals surface area contributed by atoms with E-state index in [1.807, 2.05) is 29.6 Å². The van der Waals surface area contributed by atoms with E-state index in [0.29, 0.717) is 27.9 Å². The molecule has 2 rings (SSSR count). The van der Waals surface area contributed by atoms with Crippen molar-refractivity contribution in [3.05, 3.63) is 33.7 Å². The quantitative estimate of drug-likeness (QED) is 0.644. The summed E-state index contributed by atoms with van der Waals surface area (Å²) in [6.45, 7) is 0.605. The van der Waals surface area contributed by atoms with Gasteiger partial charge in [0.15, 0.2) is 5.82 Å². The predicted octanol–water partition coefficient (Wildman–Crippen LogP) is 1.80. The maximum atomic E-state index is 13.4. The molecular formula is C11H13FIN5. The first kappa shape index (κ1) is 13.1. The summed E-state index contributed by atoms with van der Waals surface area (Å²) in [6, 6.07) is 3.01. The summed E-state index contributed by atoms with van der Waals surface area (Å²) in [5, 5.41) is 7.24. The van der Waals surface area contributed by atoms with Crippen LogP contribution in [-0.2, 0) is 13.5 Å². The van der Waals surface area contributed by atoms with Crippen LogP contribution in [0.4, 0.5) is 15.8 Å². The molecule has 0 atom stereocenters. The third-order valence-corrected chi connectivity index (χ3v) is 3.23. The molecule has 0 fully saturated rings. The number of halogens is 2. The van der Waals surface area contributed by atoms with Crippen molar-refractivity contribution in [2.45, 2.75) is 6.42 Å². The average Bonchev–Trinajstić information content (AvgIpc) is 2.71. The van der Waals surface area contributed by atoms with Gasteiger partial charge in [0.05, 0.1) is 14.9 Å². The number of aromatic nitrogens is 3. The monoisotopic (exact) mass is 361 g/mol. The molecule has 7 heteroatoms. The number of aryl methyl sites for hydroxylation is 1. The molecule has 1 aromatic carbocycles. The lowest BCUT2D eigenvalue weighted by Crippen LogP contribution is -2.09. The van der Waals surface area contributed by atoms with Crippen LogP contribution in [0.5, 0.6) is 0 Å². The first-order valence-corrected chi connectivity index (χ1v) is 6.47. The fourth-order valence-corrected chi connectivity index (χ4v) is 2.01. The Morgan fingerprint density at radius 1 is 1.50 bits per heavy atom. The van der Waals surface area contributed by atoms with Crippen LogP contribution in [0.25, 0.3) is 0 Å². The fourth-order valence-electron chi connectivity index (χ4n) is 1.52. The Bertz CT molecular complexity index is 554. The number of nitrogens with zero attached hydrogens (tertiary/aromatic N) is 3. The smallest absolute Gasteiger partial charge is 0.152 e. The maximum Gasteiger partial charge on any atom is 0.152 e. The fraction of sp³-hybridized carbons (Fsp3) is 0.273. The van der Waals surface area contributed by atoms with Crippen molar-refractivity contribution >= 4 is 34.0 Å². The van der Waals surface area contributed by atoms with E-state index in [-0.39, 0.29) is 5.82 Å². The van der Waals surface area contributed by atoms with E-state index in [9.17, 15) is 4.39 Å². The second-order valence-corrected chi connectivity index (χ2v) is 5.03. The van der Waals surface area contributed by atoms with Gasteiger partial charge in [-0.15, -0.1) is 0 Å². The molecule has 0 aliphatic carbocycles. The summed E-state index contributed by atoms with van der Waals surface area (Å²) in [5.41, 5.74) is 6.94. The zero-order valence-electron chi connectivity index (χ0n) is 9.82. The normalized spacial score (nSPS) is 10.6. The standard InChI is InChI=1S/C11H13FIN5/c1-18-6-16-11(17-18)2-3-15-10-4-7(12)8(13)5-9(10)14/h4-6,15H,2-3,14H2,1H3. The lowest BCUT2D eigenvalue weighted by Gasteiger charge is -2.09. The minimum absolute atomic E-state index is 0.275. The molecule has 96 valence electrons. The Morgan fingerprint density at radius 3 is 2.94 bits per heavy atom. The number of hydrogen-bond donors (Lipinski definition) is 2. The third kappa shape index (κ3) is 3.09. The number of nitrogens with one attached hydrogen (secondary N) is 1. The minimum Gasteiger partial charge on any atom is -0.397 e. The first-order valence-electron chi connectivity index (χ1n) is 5.39. The van der Waals surface area contributed by atoms with Crippen LogP contribution in [0.2, 0.25) is 0 Å². The van der Waals surface area contributed by atoms with E-state index in [1.165, 1.54) is 6.07 Å². The van der Waals surface area contributed by atoms with Crippen molar-refractivity contribution in [2.75, 3.05) is 17.6 Å². The van der Waals surface area contributed by atoms with Crippen LogP contribution in [0.3, 0.4) is 0 Å². The van der Waals surface area contributed by atoms with Crippen molar-refractivity contribution in [3.8, 4) is 0 Å². The van der Waals surface area contributed by atoms with Crippen molar-refractivity contribution < 1.29 is 4.39 Å². The number of rotatable bonds is 4. The van der Waals surface area contributed by atoms with Gasteiger partial charge < -0.3 is 11.1 Å². The van der Waals surface area contributed by atoms with E-state index in [4.69, 9.17) is 5.73 Å². The number of nitrogen functional groups attached to an aromatic ring is 1. The van der Waals surface area contributed by atoms with Crippen LogP contribution >= 0.6 is 22.6 Å². The summed E-state index contributed by atoms with van der Waals surface area (Å²) in [6.07, 6.45) is 2.31. The molecule has 18 heavy (non-hydrogen) atoms. The van der Waals surface area contributed by atoms with Gasteiger partial charge in [-0.25, -0.2) is 9.37 Å².